The molecule has 2 aromatic rings. The molecule has 0 spiro atoms. The summed E-state index contributed by atoms with van der Waals surface area (Å²) in [5, 5.41) is 12.2. The van der Waals surface area contributed by atoms with Crippen molar-refractivity contribution in [3.8, 4) is 11.3 Å². The van der Waals surface area contributed by atoms with Crippen molar-refractivity contribution in [2.24, 2.45) is 0 Å². The Morgan fingerprint density at radius 3 is 2.75 bits per heavy atom. The van der Waals surface area contributed by atoms with E-state index >= 15 is 0 Å². The molecule has 5 heteroatoms. The van der Waals surface area contributed by atoms with Crippen LogP contribution in [-0.2, 0) is 0 Å². The van der Waals surface area contributed by atoms with Gasteiger partial charge < -0.3 is 10.2 Å². The van der Waals surface area contributed by atoms with Crippen LogP contribution in [0, 0.1) is 0 Å². The quantitative estimate of drug-likeness (QED) is 0.899. The maximum absolute atomic E-state index is 4.36. The predicted molar refractivity (Wildman–Crippen MR) is 79.6 cm³/mol. The van der Waals surface area contributed by atoms with Crippen molar-refractivity contribution in [2.75, 3.05) is 24.5 Å². The Kier molecular flexibility index (Phi) is 3.36. The molecule has 0 radical (unpaired) electrons. The van der Waals surface area contributed by atoms with Gasteiger partial charge in [0.1, 0.15) is 0 Å². The standard InChI is InChI=1S/C15H19N5/c1-15(2)11-20(9-8-17-15)14-6-5-13(18-19-14)12-4-3-7-16-10-12/h3-7,10,17H,8-9,11H2,1-2H3. The summed E-state index contributed by atoms with van der Waals surface area (Å²) in [6.07, 6.45) is 3.56. The zero-order valence-electron chi connectivity index (χ0n) is 11.9. The first-order valence-electron chi connectivity index (χ1n) is 6.88. The van der Waals surface area contributed by atoms with E-state index in [2.05, 4.69) is 39.2 Å². The average Bonchev–Trinajstić information content (AvgIpc) is 2.47. The molecule has 1 fully saturated rings. The van der Waals surface area contributed by atoms with Crippen LogP contribution in [-0.4, -0.2) is 40.4 Å². The van der Waals surface area contributed by atoms with Gasteiger partial charge in [-0.25, -0.2) is 0 Å². The molecule has 0 aliphatic carbocycles. The molecule has 0 saturated carbocycles. The lowest BCUT2D eigenvalue weighted by atomic mass is 10.0. The highest BCUT2D eigenvalue weighted by molar-refractivity contribution is 5.58. The topological polar surface area (TPSA) is 53.9 Å². The zero-order valence-corrected chi connectivity index (χ0v) is 11.9. The van der Waals surface area contributed by atoms with Crippen molar-refractivity contribution in [1.29, 1.82) is 0 Å². The Labute approximate surface area is 119 Å². The summed E-state index contributed by atoms with van der Waals surface area (Å²) in [6, 6.07) is 7.94. The van der Waals surface area contributed by atoms with Crippen molar-refractivity contribution in [1.82, 2.24) is 20.5 Å². The Hall–Kier alpha value is -2.01. The van der Waals surface area contributed by atoms with Crippen LogP contribution in [0.15, 0.2) is 36.7 Å². The molecule has 0 unspecified atom stereocenters. The van der Waals surface area contributed by atoms with E-state index in [1.165, 1.54) is 0 Å². The number of anilines is 1. The van der Waals surface area contributed by atoms with E-state index in [-0.39, 0.29) is 5.54 Å². The zero-order chi connectivity index (χ0) is 14.0. The van der Waals surface area contributed by atoms with Crippen LogP contribution >= 0.6 is 0 Å². The van der Waals surface area contributed by atoms with Crippen molar-refractivity contribution in [3.63, 3.8) is 0 Å². The van der Waals surface area contributed by atoms with E-state index in [1.54, 1.807) is 12.4 Å². The molecular weight excluding hydrogens is 250 g/mol. The van der Waals surface area contributed by atoms with Gasteiger partial charge >= 0.3 is 0 Å². The molecule has 1 saturated heterocycles. The lowest BCUT2D eigenvalue weighted by molar-refractivity contribution is 0.351. The number of nitrogens with zero attached hydrogens (tertiary/aromatic N) is 4. The van der Waals surface area contributed by atoms with Crippen LogP contribution in [0.4, 0.5) is 5.82 Å². The first kappa shape index (κ1) is 13.0. The van der Waals surface area contributed by atoms with Gasteiger partial charge in [0.25, 0.3) is 0 Å². The number of rotatable bonds is 2. The van der Waals surface area contributed by atoms with Gasteiger partial charge in [-0.3, -0.25) is 4.98 Å². The largest absolute Gasteiger partial charge is 0.352 e. The summed E-state index contributed by atoms with van der Waals surface area (Å²) in [5.74, 6) is 0.937. The SMILES string of the molecule is CC1(C)CN(c2ccc(-c3cccnc3)nn2)CCN1. The second-order valence-electron chi connectivity index (χ2n) is 5.75. The Balaban J connectivity index is 1.80. The normalized spacial score (nSPS) is 18.0. The molecule has 1 aliphatic rings. The molecule has 3 heterocycles. The summed E-state index contributed by atoms with van der Waals surface area (Å²) in [6.45, 7) is 7.28. The van der Waals surface area contributed by atoms with E-state index in [0.717, 1.165) is 36.7 Å². The van der Waals surface area contributed by atoms with Crippen molar-refractivity contribution in [3.05, 3.63) is 36.7 Å². The molecule has 20 heavy (non-hydrogen) atoms. The lowest BCUT2D eigenvalue weighted by Crippen LogP contribution is -2.57. The van der Waals surface area contributed by atoms with Crippen LogP contribution in [0.25, 0.3) is 11.3 Å². The minimum Gasteiger partial charge on any atom is -0.352 e. The molecule has 2 aromatic heterocycles. The second kappa shape index (κ2) is 5.17. The lowest BCUT2D eigenvalue weighted by Gasteiger charge is -2.39. The molecule has 1 aliphatic heterocycles. The number of aromatic nitrogens is 3. The van der Waals surface area contributed by atoms with Gasteiger partial charge in [-0.15, -0.1) is 10.2 Å². The first-order chi connectivity index (χ1) is 9.64. The Morgan fingerprint density at radius 2 is 2.10 bits per heavy atom. The smallest absolute Gasteiger partial charge is 0.151 e. The fraction of sp³-hybridized carbons (Fsp3) is 0.400. The fourth-order valence-electron chi connectivity index (χ4n) is 2.50. The molecule has 3 rings (SSSR count). The summed E-state index contributed by atoms with van der Waals surface area (Å²) in [5.41, 5.74) is 1.96. The molecular formula is C15H19N5. The number of nitrogens with one attached hydrogen (secondary N) is 1. The van der Waals surface area contributed by atoms with E-state index in [4.69, 9.17) is 0 Å². The van der Waals surface area contributed by atoms with Crippen LogP contribution in [0.2, 0.25) is 0 Å². The maximum Gasteiger partial charge on any atom is 0.151 e. The molecule has 5 nitrogen and oxygen atoms in total. The Bertz CT molecular complexity index is 565. The summed E-state index contributed by atoms with van der Waals surface area (Å²) in [7, 11) is 0. The third-order valence-corrected chi connectivity index (χ3v) is 3.50. The summed E-state index contributed by atoms with van der Waals surface area (Å²) >= 11 is 0. The van der Waals surface area contributed by atoms with Gasteiger partial charge in [0.05, 0.1) is 5.69 Å². The number of hydrogen-bond donors (Lipinski definition) is 1. The summed E-state index contributed by atoms with van der Waals surface area (Å²) < 4.78 is 0. The molecule has 104 valence electrons. The third-order valence-electron chi connectivity index (χ3n) is 3.50. The minimum absolute atomic E-state index is 0.113. The number of pyridine rings is 1. The van der Waals surface area contributed by atoms with Gasteiger partial charge in [0, 0.05) is 43.1 Å². The van der Waals surface area contributed by atoms with E-state index in [9.17, 15) is 0 Å². The molecule has 0 bridgehead atoms. The van der Waals surface area contributed by atoms with Gasteiger partial charge in [-0.05, 0) is 38.1 Å². The molecule has 0 atom stereocenters. The molecule has 0 amide bonds. The first-order valence-corrected chi connectivity index (χ1v) is 6.88. The highest BCUT2D eigenvalue weighted by Crippen LogP contribution is 2.20. The van der Waals surface area contributed by atoms with Crippen LogP contribution in [0.3, 0.4) is 0 Å². The van der Waals surface area contributed by atoms with Crippen molar-refractivity contribution < 1.29 is 0 Å². The average molecular weight is 269 g/mol. The van der Waals surface area contributed by atoms with Crippen molar-refractivity contribution >= 4 is 5.82 Å². The second-order valence-corrected chi connectivity index (χ2v) is 5.75. The minimum atomic E-state index is 0.113. The highest BCUT2D eigenvalue weighted by Gasteiger charge is 2.26. The number of piperazine rings is 1. The van der Waals surface area contributed by atoms with Crippen LogP contribution in [0.1, 0.15) is 13.8 Å². The highest BCUT2D eigenvalue weighted by atomic mass is 15.3. The van der Waals surface area contributed by atoms with Gasteiger partial charge in [-0.1, -0.05) is 0 Å². The maximum atomic E-state index is 4.36. The van der Waals surface area contributed by atoms with Gasteiger partial charge in [0.2, 0.25) is 0 Å². The van der Waals surface area contributed by atoms with E-state index in [1.807, 2.05) is 24.3 Å². The number of hydrogen-bond acceptors (Lipinski definition) is 5. The molecule has 1 N–H and O–H groups in total. The van der Waals surface area contributed by atoms with E-state index < -0.39 is 0 Å². The summed E-state index contributed by atoms with van der Waals surface area (Å²) in [4.78, 5) is 6.38. The Morgan fingerprint density at radius 1 is 1.20 bits per heavy atom. The molecule has 0 aromatic carbocycles. The third kappa shape index (κ3) is 2.77. The van der Waals surface area contributed by atoms with E-state index in [0.29, 0.717) is 0 Å². The fourth-order valence-corrected chi connectivity index (χ4v) is 2.50. The predicted octanol–water partition coefficient (Wildman–Crippen LogP) is 1.73. The monoisotopic (exact) mass is 269 g/mol. The van der Waals surface area contributed by atoms with Crippen molar-refractivity contribution in [2.45, 2.75) is 19.4 Å². The van der Waals surface area contributed by atoms with Gasteiger partial charge in [0.15, 0.2) is 5.82 Å². The van der Waals surface area contributed by atoms with Gasteiger partial charge in [-0.2, -0.15) is 0 Å². The van der Waals surface area contributed by atoms with Crippen LogP contribution < -0.4 is 10.2 Å². The van der Waals surface area contributed by atoms with Crippen LogP contribution in [0.5, 0.6) is 0 Å².